The Kier molecular flexibility index (Phi) is 3.80. The second-order valence-corrected chi connectivity index (χ2v) is 6.28. The number of nitrogens with zero attached hydrogens (tertiary/aromatic N) is 4. The van der Waals surface area contributed by atoms with Gasteiger partial charge in [-0.2, -0.15) is 5.26 Å². The van der Waals surface area contributed by atoms with Crippen LogP contribution in [0.25, 0.3) is 16.6 Å². The standard InChI is InChI=1S/C19H19N5/c20-14-23-8-6-15(11-23)10-22-18-5-7-21-19(9-18)24-12-16-3-1-2-4-17(16)13-24/h1-5,7,9,12-13,15H,6,8,10-11H2,(H,21,22). The molecule has 24 heavy (non-hydrogen) atoms. The molecule has 0 amide bonds. The van der Waals surface area contributed by atoms with E-state index in [1.165, 1.54) is 10.8 Å². The monoisotopic (exact) mass is 317 g/mol. The van der Waals surface area contributed by atoms with Gasteiger partial charge in [0.2, 0.25) is 0 Å². The molecule has 1 atom stereocenters. The number of anilines is 1. The molecule has 120 valence electrons. The summed E-state index contributed by atoms with van der Waals surface area (Å²) in [5.41, 5.74) is 1.06. The molecular weight excluding hydrogens is 298 g/mol. The van der Waals surface area contributed by atoms with E-state index in [1.807, 2.05) is 29.3 Å². The van der Waals surface area contributed by atoms with Gasteiger partial charge in [0.25, 0.3) is 0 Å². The molecule has 1 saturated heterocycles. The van der Waals surface area contributed by atoms with Gasteiger partial charge in [-0.15, -0.1) is 0 Å². The van der Waals surface area contributed by atoms with E-state index in [4.69, 9.17) is 5.26 Å². The minimum atomic E-state index is 0.524. The topological polar surface area (TPSA) is 56.9 Å². The summed E-state index contributed by atoms with van der Waals surface area (Å²) < 4.78 is 2.06. The Hall–Kier alpha value is -3.00. The highest BCUT2D eigenvalue weighted by Crippen LogP contribution is 2.20. The highest BCUT2D eigenvalue weighted by atomic mass is 15.1. The van der Waals surface area contributed by atoms with E-state index < -0.39 is 0 Å². The molecule has 1 aliphatic heterocycles. The Bertz CT molecular complexity index is 859. The highest BCUT2D eigenvalue weighted by molar-refractivity contribution is 5.82. The lowest BCUT2D eigenvalue weighted by molar-refractivity contribution is 0.461. The van der Waals surface area contributed by atoms with E-state index in [2.05, 4.69) is 51.7 Å². The Morgan fingerprint density at radius 2 is 2.00 bits per heavy atom. The van der Waals surface area contributed by atoms with Crippen LogP contribution in [0.5, 0.6) is 0 Å². The maximum Gasteiger partial charge on any atom is 0.179 e. The summed E-state index contributed by atoms with van der Waals surface area (Å²) in [5.74, 6) is 1.43. The summed E-state index contributed by atoms with van der Waals surface area (Å²) in [6.07, 6.45) is 9.33. The first kappa shape index (κ1) is 14.6. The lowest BCUT2D eigenvalue weighted by Crippen LogP contribution is -2.18. The van der Waals surface area contributed by atoms with E-state index in [1.54, 1.807) is 0 Å². The van der Waals surface area contributed by atoms with Gasteiger partial charge in [-0.25, -0.2) is 4.98 Å². The van der Waals surface area contributed by atoms with Crippen molar-refractivity contribution in [3.63, 3.8) is 0 Å². The van der Waals surface area contributed by atoms with E-state index in [0.29, 0.717) is 5.92 Å². The quantitative estimate of drug-likeness (QED) is 0.751. The first-order chi connectivity index (χ1) is 11.8. The van der Waals surface area contributed by atoms with Crippen LogP contribution in [0.1, 0.15) is 6.42 Å². The molecule has 1 N–H and O–H groups in total. The molecule has 1 unspecified atom stereocenters. The van der Waals surface area contributed by atoms with Crippen LogP contribution in [0.2, 0.25) is 0 Å². The van der Waals surface area contributed by atoms with Crippen LogP contribution in [-0.4, -0.2) is 34.1 Å². The molecule has 3 aromatic rings. The number of hydrogen-bond acceptors (Lipinski definition) is 4. The third kappa shape index (κ3) is 2.91. The van der Waals surface area contributed by atoms with Crippen LogP contribution in [0.4, 0.5) is 5.69 Å². The average molecular weight is 317 g/mol. The Morgan fingerprint density at radius 1 is 1.21 bits per heavy atom. The number of pyridine rings is 1. The van der Waals surface area contributed by atoms with Gasteiger partial charge in [0.1, 0.15) is 5.82 Å². The van der Waals surface area contributed by atoms with Gasteiger partial charge in [-0.05, 0) is 29.2 Å². The Balaban J connectivity index is 1.48. The van der Waals surface area contributed by atoms with Crippen molar-refractivity contribution in [3.8, 4) is 12.0 Å². The summed E-state index contributed by atoms with van der Waals surface area (Å²) >= 11 is 0. The number of benzene rings is 1. The van der Waals surface area contributed by atoms with Gasteiger partial charge in [0.05, 0.1) is 0 Å². The van der Waals surface area contributed by atoms with E-state index >= 15 is 0 Å². The number of rotatable bonds is 4. The molecule has 0 spiro atoms. The highest BCUT2D eigenvalue weighted by Gasteiger charge is 2.20. The van der Waals surface area contributed by atoms with Gasteiger partial charge in [0, 0.05) is 50.0 Å². The molecule has 5 nitrogen and oxygen atoms in total. The maximum atomic E-state index is 8.94. The molecule has 1 fully saturated rings. The predicted molar refractivity (Wildman–Crippen MR) is 94.9 cm³/mol. The number of aromatic nitrogens is 2. The summed E-state index contributed by atoms with van der Waals surface area (Å²) in [5, 5.41) is 14.8. The zero-order valence-corrected chi connectivity index (χ0v) is 13.4. The normalized spacial score (nSPS) is 17.1. The molecule has 0 aliphatic carbocycles. The van der Waals surface area contributed by atoms with Gasteiger partial charge in [0.15, 0.2) is 6.19 Å². The lowest BCUT2D eigenvalue weighted by atomic mass is 10.1. The first-order valence-corrected chi connectivity index (χ1v) is 8.23. The SMILES string of the molecule is N#CN1CCC(CNc2ccnc(-n3cc4ccccc4c3)c2)C1. The Morgan fingerprint density at radius 3 is 2.71 bits per heavy atom. The summed E-state index contributed by atoms with van der Waals surface area (Å²) in [6.45, 7) is 2.61. The van der Waals surface area contributed by atoms with Crippen LogP contribution in [0, 0.1) is 17.4 Å². The fourth-order valence-electron chi connectivity index (χ4n) is 3.24. The van der Waals surface area contributed by atoms with E-state index in [9.17, 15) is 0 Å². The molecule has 5 heteroatoms. The molecule has 3 heterocycles. The van der Waals surface area contributed by atoms with Crippen molar-refractivity contribution in [1.82, 2.24) is 14.5 Å². The molecule has 1 aliphatic rings. The maximum absolute atomic E-state index is 8.94. The van der Waals surface area contributed by atoms with Crippen LogP contribution >= 0.6 is 0 Å². The van der Waals surface area contributed by atoms with Crippen LogP contribution in [-0.2, 0) is 0 Å². The molecule has 4 rings (SSSR count). The zero-order valence-electron chi connectivity index (χ0n) is 13.4. The van der Waals surface area contributed by atoms with Gasteiger partial charge in [-0.3, -0.25) is 0 Å². The van der Waals surface area contributed by atoms with Crippen LogP contribution in [0.15, 0.2) is 55.0 Å². The van der Waals surface area contributed by atoms with Crippen molar-refractivity contribution >= 4 is 16.5 Å². The molecule has 1 aromatic carbocycles. The van der Waals surface area contributed by atoms with Crippen molar-refractivity contribution in [2.24, 2.45) is 5.92 Å². The van der Waals surface area contributed by atoms with Gasteiger partial charge in [-0.1, -0.05) is 24.3 Å². The molecule has 0 saturated carbocycles. The molecule has 0 radical (unpaired) electrons. The van der Waals surface area contributed by atoms with Gasteiger partial charge < -0.3 is 14.8 Å². The van der Waals surface area contributed by atoms with Crippen LogP contribution < -0.4 is 5.32 Å². The number of nitriles is 1. The van der Waals surface area contributed by atoms with E-state index in [-0.39, 0.29) is 0 Å². The third-order valence-electron chi connectivity index (χ3n) is 4.58. The van der Waals surface area contributed by atoms with Crippen molar-refractivity contribution in [2.75, 3.05) is 25.0 Å². The Labute approximate surface area is 141 Å². The second kappa shape index (κ2) is 6.25. The van der Waals surface area contributed by atoms with Crippen molar-refractivity contribution in [3.05, 3.63) is 55.0 Å². The molecule has 2 aromatic heterocycles. The van der Waals surface area contributed by atoms with Gasteiger partial charge >= 0.3 is 0 Å². The number of likely N-dealkylation sites (tertiary alicyclic amines) is 1. The zero-order chi connectivity index (χ0) is 16.4. The molecular formula is C19H19N5. The summed E-state index contributed by atoms with van der Waals surface area (Å²) in [6, 6.07) is 12.4. The lowest BCUT2D eigenvalue weighted by Gasteiger charge is -2.13. The fraction of sp³-hybridized carbons (Fsp3) is 0.263. The van der Waals surface area contributed by atoms with Crippen molar-refractivity contribution < 1.29 is 0 Å². The first-order valence-electron chi connectivity index (χ1n) is 8.23. The van der Waals surface area contributed by atoms with Crippen LogP contribution in [0.3, 0.4) is 0 Å². The number of hydrogen-bond donors (Lipinski definition) is 1. The third-order valence-corrected chi connectivity index (χ3v) is 4.58. The minimum absolute atomic E-state index is 0.524. The summed E-state index contributed by atoms with van der Waals surface area (Å²) in [7, 11) is 0. The largest absolute Gasteiger partial charge is 0.385 e. The van der Waals surface area contributed by atoms with Crippen molar-refractivity contribution in [1.29, 1.82) is 5.26 Å². The second-order valence-electron chi connectivity index (χ2n) is 6.28. The average Bonchev–Trinajstić information content (AvgIpc) is 3.26. The number of nitrogens with one attached hydrogen (secondary N) is 1. The number of fused-ring (bicyclic) bond motifs is 1. The fourth-order valence-corrected chi connectivity index (χ4v) is 3.24. The smallest absolute Gasteiger partial charge is 0.179 e. The van der Waals surface area contributed by atoms with E-state index in [0.717, 1.165) is 37.6 Å². The van der Waals surface area contributed by atoms with Crippen molar-refractivity contribution in [2.45, 2.75) is 6.42 Å². The predicted octanol–water partition coefficient (Wildman–Crippen LogP) is 3.24. The molecule has 0 bridgehead atoms. The summed E-state index contributed by atoms with van der Waals surface area (Å²) in [4.78, 5) is 6.31. The minimum Gasteiger partial charge on any atom is -0.385 e.